The van der Waals surface area contributed by atoms with Crippen LogP contribution in [0.15, 0.2) is 48.5 Å². The molecule has 0 bridgehead atoms. The van der Waals surface area contributed by atoms with Gasteiger partial charge in [-0.15, -0.1) is 23.2 Å². The zero-order valence-corrected chi connectivity index (χ0v) is 27.3. The topological polar surface area (TPSA) is 120 Å². The summed E-state index contributed by atoms with van der Waals surface area (Å²) in [7, 11) is 1.99. The number of halogens is 2. The molecule has 2 heterocycles. The molecule has 0 saturated carbocycles. The Hall–Kier alpha value is -3.79. The first kappa shape index (κ1) is 32.6. The van der Waals surface area contributed by atoms with Crippen LogP contribution in [-0.4, -0.2) is 56.3 Å². The van der Waals surface area contributed by atoms with Gasteiger partial charge < -0.3 is 25.0 Å². The standard InChI is InChI=1S/C34H39Cl2N5O4/c1-20(2)25-17-26(30(43)18-29(25)42)34(45)33-24-9-7-22(15-21(24)19-37-33)38-32(44)6-4-5-31-39-27-16-23(8-10-28(27)40(31)3)41(13-11-35)14-12-36/h7-10,15-18,20,33,37,42-43H,4-6,11-14,19H2,1-3H3,(H,38,44). The van der Waals surface area contributed by atoms with E-state index in [1.807, 2.05) is 33.0 Å². The highest BCUT2D eigenvalue weighted by Gasteiger charge is 2.31. The molecule has 45 heavy (non-hydrogen) atoms. The van der Waals surface area contributed by atoms with Crippen molar-refractivity contribution in [2.45, 2.75) is 51.6 Å². The molecule has 1 amide bonds. The number of amides is 1. The number of nitrogens with one attached hydrogen (secondary N) is 2. The van der Waals surface area contributed by atoms with E-state index >= 15 is 0 Å². The highest BCUT2D eigenvalue weighted by Crippen LogP contribution is 2.37. The molecule has 238 valence electrons. The number of phenolic OH excluding ortho intramolecular Hbond substituents is 2. The SMILES string of the molecule is CC(C)c1cc(C(=O)C2NCc3cc(NC(=O)CCCc4nc5cc(N(CCCl)CCCl)ccc5n4C)ccc32)c(O)cc1O. The highest BCUT2D eigenvalue weighted by molar-refractivity contribution is 6.18. The van der Waals surface area contributed by atoms with Crippen LogP contribution < -0.4 is 15.5 Å². The molecular weight excluding hydrogens is 613 g/mol. The van der Waals surface area contributed by atoms with Gasteiger partial charge in [0.15, 0.2) is 5.78 Å². The summed E-state index contributed by atoms with van der Waals surface area (Å²) in [5, 5.41) is 26.8. The minimum atomic E-state index is -0.631. The molecule has 11 heteroatoms. The van der Waals surface area contributed by atoms with Gasteiger partial charge in [0, 0.05) is 68.7 Å². The van der Waals surface area contributed by atoms with Crippen LogP contribution in [0.3, 0.4) is 0 Å². The number of aromatic hydroxyl groups is 2. The second-order valence-corrected chi connectivity index (χ2v) is 12.5. The third kappa shape index (κ3) is 7.06. The maximum atomic E-state index is 13.4. The van der Waals surface area contributed by atoms with E-state index in [9.17, 15) is 19.8 Å². The van der Waals surface area contributed by atoms with E-state index < -0.39 is 6.04 Å². The molecule has 3 aromatic carbocycles. The lowest BCUT2D eigenvalue weighted by atomic mass is 9.92. The van der Waals surface area contributed by atoms with Gasteiger partial charge in [0.25, 0.3) is 0 Å². The van der Waals surface area contributed by atoms with Gasteiger partial charge in [-0.25, -0.2) is 4.98 Å². The van der Waals surface area contributed by atoms with Crippen molar-refractivity contribution in [1.29, 1.82) is 0 Å². The van der Waals surface area contributed by atoms with E-state index in [1.54, 1.807) is 12.1 Å². The second-order valence-electron chi connectivity index (χ2n) is 11.7. The van der Waals surface area contributed by atoms with Crippen LogP contribution in [0.25, 0.3) is 11.0 Å². The number of aromatic nitrogens is 2. The summed E-state index contributed by atoms with van der Waals surface area (Å²) < 4.78 is 2.07. The Morgan fingerprint density at radius 1 is 1.07 bits per heavy atom. The number of benzene rings is 3. The Kier molecular flexibility index (Phi) is 10.2. The second kappa shape index (κ2) is 14.1. The number of rotatable bonds is 13. The van der Waals surface area contributed by atoms with Crippen LogP contribution in [-0.2, 0) is 24.8 Å². The number of ketones is 1. The van der Waals surface area contributed by atoms with E-state index in [-0.39, 0.29) is 34.7 Å². The molecule has 1 aliphatic heterocycles. The van der Waals surface area contributed by atoms with Crippen LogP contribution in [0.4, 0.5) is 11.4 Å². The van der Waals surface area contributed by atoms with E-state index in [0.717, 1.165) is 33.7 Å². The number of nitrogens with zero attached hydrogens (tertiary/aromatic N) is 3. The Bertz CT molecular complexity index is 1710. The van der Waals surface area contributed by atoms with Gasteiger partial charge in [-0.2, -0.15) is 0 Å². The Morgan fingerprint density at radius 2 is 1.82 bits per heavy atom. The van der Waals surface area contributed by atoms with Gasteiger partial charge in [-0.1, -0.05) is 19.9 Å². The molecule has 1 unspecified atom stereocenters. The first-order chi connectivity index (χ1) is 21.6. The number of carbonyl (C=O) groups is 2. The van der Waals surface area contributed by atoms with E-state index in [2.05, 4.69) is 38.3 Å². The minimum absolute atomic E-state index is 0.0112. The van der Waals surface area contributed by atoms with Crippen LogP contribution in [0.1, 0.15) is 71.5 Å². The Morgan fingerprint density at radius 3 is 2.53 bits per heavy atom. The molecule has 0 saturated heterocycles. The molecule has 0 aliphatic carbocycles. The van der Waals surface area contributed by atoms with Gasteiger partial charge in [0.05, 0.1) is 22.6 Å². The minimum Gasteiger partial charge on any atom is -0.508 e. The molecule has 1 atom stereocenters. The first-order valence-electron chi connectivity index (χ1n) is 15.2. The van der Waals surface area contributed by atoms with Crippen molar-refractivity contribution in [2.24, 2.45) is 7.05 Å². The fourth-order valence-electron chi connectivity index (χ4n) is 5.95. The molecule has 5 rings (SSSR count). The number of hydrogen-bond donors (Lipinski definition) is 4. The fraction of sp³-hybridized carbons (Fsp3) is 0.382. The smallest absolute Gasteiger partial charge is 0.224 e. The predicted molar refractivity (Wildman–Crippen MR) is 180 cm³/mol. The zero-order chi connectivity index (χ0) is 32.2. The largest absolute Gasteiger partial charge is 0.508 e. The fourth-order valence-corrected chi connectivity index (χ4v) is 6.35. The molecule has 1 aromatic heterocycles. The average Bonchev–Trinajstić information content (AvgIpc) is 3.56. The van der Waals surface area contributed by atoms with Crippen molar-refractivity contribution in [3.05, 3.63) is 76.6 Å². The van der Waals surface area contributed by atoms with Crippen molar-refractivity contribution in [3.63, 3.8) is 0 Å². The molecule has 4 N–H and O–H groups in total. The maximum absolute atomic E-state index is 13.4. The number of alkyl halides is 2. The number of phenols is 2. The van der Waals surface area contributed by atoms with Gasteiger partial charge in [0.2, 0.25) is 5.91 Å². The van der Waals surface area contributed by atoms with Crippen molar-refractivity contribution in [3.8, 4) is 11.5 Å². The monoisotopic (exact) mass is 651 g/mol. The highest BCUT2D eigenvalue weighted by atomic mass is 35.5. The number of aryl methyl sites for hydroxylation is 2. The summed E-state index contributed by atoms with van der Waals surface area (Å²) in [6.07, 6.45) is 1.63. The quantitative estimate of drug-likeness (QED) is 0.0978. The van der Waals surface area contributed by atoms with E-state index in [4.69, 9.17) is 28.2 Å². The van der Waals surface area contributed by atoms with Gasteiger partial charge >= 0.3 is 0 Å². The van der Waals surface area contributed by atoms with Crippen LogP contribution in [0, 0.1) is 0 Å². The number of carbonyl (C=O) groups excluding carboxylic acids is 2. The van der Waals surface area contributed by atoms with Gasteiger partial charge in [0.1, 0.15) is 17.3 Å². The Balaban J connectivity index is 1.19. The lowest BCUT2D eigenvalue weighted by molar-refractivity contribution is -0.116. The molecule has 4 aromatic rings. The normalized spacial score (nSPS) is 14.2. The Labute approximate surface area is 273 Å². The molecule has 9 nitrogen and oxygen atoms in total. The van der Waals surface area contributed by atoms with Crippen molar-refractivity contribution < 1.29 is 19.8 Å². The number of fused-ring (bicyclic) bond motifs is 2. The average molecular weight is 653 g/mol. The molecule has 1 aliphatic rings. The number of hydrogen-bond acceptors (Lipinski definition) is 7. The maximum Gasteiger partial charge on any atom is 0.224 e. The summed E-state index contributed by atoms with van der Waals surface area (Å²) in [5.74, 6) is 1.28. The summed E-state index contributed by atoms with van der Waals surface area (Å²) in [6.45, 7) is 5.69. The van der Waals surface area contributed by atoms with E-state index in [0.29, 0.717) is 61.9 Å². The zero-order valence-electron chi connectivity index (χ0n) is 25.7. The van der Waals surface area contributed by atoms with E-state index in [1.165, 1.54) is 6.07 Å². The van der Waals surface area contributed by atoms with Gasteiger partial charge in [-0.05, 0) is 65.4 Å². The summed E-state index contributed by atoms with van der Waals surface area (Å²) >= 11 is 12.0. The summed E-state index contributed by atoms with van der Waals surface area (Å²) in [6, 6.07) is 13.8. The van der Waals surface area contributed by atoms with Gasteiger partial charge in [-0.3, -0.25) is 14.9 Å². The number of anilines is 2. The summed E-state index contributed by atoms with van der Waals surface area (Å²) in [4.78, 5) is 33.2. The molecule has 0 radical (unpaired) electrons. The molecule has 0 spiro atoms. The van der Waals surface area contributed by atoms with Crippen molar-refractivity contribution in [1.82, 2.24) is 14.9 Å². The number of imidazole rings is 1. The lowest BCUT2D eigenvalue weighted by Crippen LogP contribution is -2.27. The van der Waals surface area contributed by atoms with Crippen molar-refractivity contribution in [2.75, 3.05) is 35.1 Å². The van der Waals surface area contributed by atoms with Crippen LogP contribution >= 0.6 is 23.2 Å². The molecule has 0 fully saturated rings. The van der Waals surface area contributed by atoms with Crippen LogP contribution in [0.2, 0.25) is 0 Å². The first-order valence-corrected chi connectivity index (χ1v) is 16.3. The predicted octanol–water partition coefficient (Wildman–Crippen LogP) is 6.38. The lowest BCUT2D eigenvalue weighted by Gasteiger charge is -2.22. The summed E-state index contributed by atoms with van der Waals surface area (Å²) in [5.41, 5.74) is 6.10. The van der Waals surface area contributed by atoms with Crippen molar-refractivity contribution >= 4 is 57.3 Å². The number of Topliss-reactive ketones (excluding diaryl/α,β-unsaturated/α-hetero) is 1. The third-order valence-electron chi connectivity index (χ3n) is 8.36. The van der Waals surface area contributed by atoms with Crippen LogP contribution in [0.5, 0.6) is 11.5 Å². The third-order valence-corrected chi connectivity index (χ3v) is 8.70. The molecular formula is C34H39Cl2N5O4.